The Labute approximate surface area is 128 Å². The van der Waals surface area contributed by atoms with Crippen LogP contribution in [0.3, 0.4) is 0 Å². The van der Waals surface area contributed by atoms with Gasteiger partial charge in [0.15, 0.2) is 0 Å². The first-order valence-electron chi connectivity index (χ1n) is 7.80. The molecule has 1 unspecified atom stereocenters. The molecular weight excluding hydrogens is 258 g/mol. The van der Waals surface area contributed by atoms with E-state index in [2.05, 4.69) is 49.5 Å². The molecule has 2 heteroatoms. The predicted octanol–water partition coefficient (Wildman–Crippen LogP) is 5.10. The second kappa shape index (κ2) is 7.84. The van der Waals surface area contributed by atoms with Crippen molar-refractivity contribution in [3.63, 3.8) is 0 Å². The third-order valence-electron chi connectivity index (χ3n) is 3.71. The molecule has 1 atom stereocenters. The molecule has 0 heterocycles. The van der Waals surface area contributed by atoms with Crippen LogP contribution in [0.1, 0.15) is 43.9 Å². The van der Waals surface area contributed by atoms with Crippen LogP contribution in [0, 0.1) is 0 Å². The Morgan fingerprint density at radius 3 is 2.38 bits per heavy atom. The van der Waals surface area contributed by atoms with Crippen molar-refractivity contribution in [3.05, 3.63) is 59.7 Å². The Kier molecular flexibility index (Phi) is 5.82. The van der Waals surface area contributed by atoms with Crippen LogP contribution in [-0.2, 0) is 6.42 Å². The topological polar surface area (TPSA) is 21.3 Å². The molecule has 0 amide bonds. The highest BCUT2D eigenvalue weighted by atomic mass is 16.5. The van der Waals surface area contributed by atoms with Crippen molar-refractivity contribution in [1.29, 1.82) is 0 Å². The molecular formula is C19H25NO. The Balaban J connectivity index is 2.10. The number of ether oxygens (including phenoxy) is 1. The Hall–Kier alpha value is -1.80. The second-order valence-corrected chi connectivity index (χ2v) is 5.32. The Morgan fingerprint density at radius 1 is 1.00 bits per heavy atom. The van der Waals surface area contributed by atoms with E-state index in [1.54, 1.807) is 0 Å². The third-order valence-corrected chi connectivity index (χ3v) is 3.71. The number of nitrogens with one attached hydrogen (secondary N) is 1. The predicted molar refractivity (Wildman–Crippen MR) is 89.0 cm³/mol. The van der Waals surface area contributed by atoms with E-state index < -0.39 is 0 Å². The minimum Gasteiger partial charge on any atom is -0.457 e. The molecule has 21 heavy (non-hydrogen) atoms. The first kappa shape index (κ1) is 15.6. The molecule has 1 N–H and O–H groups in total. The second-order valence-electron chi connectivity index (χ2n) is 5.32. The van der Waals surface area contributed by atoms with Gasteiger partial charge in [0.2, 0.25) is 0 Å². The molecule has 0 aliphatic rings. The van der Waals surface area contributed by atoms with Crippen LogP contribution in [-0.4, -0.2) is 7.05 Å². The van der Waals surface area contributed by atoms with Crippen LogP contribution in [0.15, 0.2) is 48.5 Å². The zero-order valence-electron chi connectivity index (χ0n) is 13.2. The van der Waals surface area contributed by atoms with Crippen LogP contribution in [0.2, 0.25) is 0 Å². The van der Waals surface area contributed by atoms with Gasteiger partial charge >= 0.3 is 0 Å². The lowest BCUT2D eigenvalue weighted by molar-refractivity contribution is 0.479. The molecule has 0 aliphatic carbocycles. The first-order valence-corrected chi connectivity index (χ1v) is 7.80. The maximum absolute atomic E-state index is 5.96. The van der Waals surface area contributed by atoms with Gasteiger partial charge in [-0.15, -0.1) is 0 Å². The monoisotopic (exact) mass is 283 g/mol. The molecule has 2 nitrogen and oxygen atoms in total. The molecule has 0 radical (unpaired) electrons. The summed E-state index contributed by atoms with van der Waals surface area (Å²) in [7, 11) is 1.99. The normalized spacial score (nSPS) is 12.1. The van der Waals surface area contributed by atoms with Gasteiger partial charge in [-0.05, 0) is 55.3 Å². The van der Waals surface area contributed by atoms with E-state index in [4.69, 9.17) is 4.74 Å². The average molecular weight is 283 g/mol. The van der Waals surface area contributed by atoms with E-state index in [1.165, 1.54) is 17.5 Å². The molecule has 2 aromatic rings. The molecule has 0 saturated carbocycles. The molecule has 0 fully saturated rings. The van der Waals surface area contributed by atoms with E-state index >= 15 is 0 Å². The van der Waals surface area contributed by atoms with Crippen molar-refractivity contribution in [2.24, 2.45) is 0 Å². The van der Waals surface area contributed by atoms with Gasteiger partial charge in [0, 0.05) is 6.04 Å². The number of aryl methyl sites for hydroxylation is 1. The Bertz CT molecular complexity index is 544. The van der Waals surface area contributed by atoms with Crippen LogP contribution >= 0.6 is 0 Å². The SMILES string of the molecule is CCCc1ccc(Oc2cccc(C(CC)NC)c2)cc1. The largest absolute Gasteiger partial charge is 0.457 e. The summed E-state index contributed by atoms with van der Waals surface area (Å²) >= 11 is 0. The minimum absolute atomic E-state index is 0.375. The summed E-state index contributed by atoms with van der Waals surface area (Å²) in [5.41, 5.74) is 2.62. The van der Waals surface area contributed by atoms with Gasteiger partial charge in [0.25, 0.3) is 0 Å². The minimum atomic E-state index is 0.375. The molecule has 0 aromatic heterocycles. The zero-order valence-corrected chi connectivity index (χ0v) is 13.2. The van der Waals surface area contributed by atoms with Gasteiger partial charge in [-0.25, -0.2) is 0 Å². The molecule has 112 valence electrons. The summed E-state index contributed by atoms with van der Waals surface area (Å²) in [6, 6.07) is 17.1. The van der Waals surface area contributed by atoms with Crippen LogP contribution in [0.25, 0.3) is 0 Å². The lowest BCUT2D eigenvalue weighted by Gasteiger charge is -2.15. The number of rotatable bonds is 7. The summed E-state index contributed by atoms with van der Waals surface area (Å²) < 4.78 is 5.96. The maximum atomic E-state index is 5.96. The summed E-state index contributed by atoms with van der Waals surface area (Å²) in [4.78, 5) is 0. The fraction of sp³-hybridized carbons (Fsp3) is 0.368. The van der Waals surface area contributed by atoms with Crippen molar-refractivity contribution in [1.82, 2.24) is 5.32 Å². The van der Waals surface area contributed by atoms with Gasteiger partial charge in [0.1, 0.15) is 11.5 Å². The van der Waals surface area contributed by atoms with Gasteiger partial charge in [-0.3, -0.25) is 0 Å². The van der Waals surface area contributed by atoms with Crippen molar-refractivity contribution in [2.45, 2.75) is 39.2 Å². The molecule has 0 saturated heterocycles. The lowest BCUT2D eigenvalue weighted by atomic mass is 10.0. The molecule has 0 bridgehead atoms. The number of hydrogen-bond donors (Lipinski definition) is 1. The fourth-order valence-electron chi connectivity index (χ4n) is 2.55. The van der Waals surface area contributed by atoms with Gasteiger partial charge in [-0.2, -0.15) is 0 Å². The zero-order chi connectivity index (χ0) is 15.1. The van der Waals surface area contributed by atoms with E-state index in [0.717, 1.165) is 24.3 Å². The summed E-state index contributed by atoms with van der Waals surface area (Å²) in [5.74, 6) is 1.79. The molecule has 2 aromatic carbocycles. The lowest BCUT2D eigenvalue weighted by Crippen LogP contribution is -2.14. The van der Waals surface area contributed by atoms with Gasteiger partial charge in [0.05, 0.1) is 0 Å². The van der Waals surface area contributed by atoms with E-state index in [1.807, 2.05) is 25.2 Å². The smallest absolute Gasteiger partial charge is 0.127 e. The average Bonchev–Trinajstić information content (AvgIpc) is 2.51. The Morgan fingerprint density at radius 2 is 1.76 bits per heavy atom. The number of benzene rings is 2. The van der Waals surface area contributed by atoms with Crippen molar-refractivity contribution >= 4 is 0 Å². The van der Waals surface area contributed by atoms with Crippen molar-refractivity contribution in [3.8, 4) is 11.5 Å². The first-order chi connectivity index (χ1) is 10.3. The van der Waals surface area contributed by atoms with Gasteiger partial charge < -0.3 is 10.1 Å². The summed E-state index contributed by atoms with van der Waals surface area (Å²) in [6.07, 6.45) is 3.35. The van der Waals surface area contributed by atoms with Crippen LogP contribution in [0.5, 0.6) is 11.5 Å². The fourth-order valence-corrected chi connectivity index (χ4v) is 2.55. The highest BCUT2D eigenvalue weighted by molar-refractivity contribution is 5.36. The van der Waals surface area contributed by atoms with Crippen molar-refractivity contribution < 1.29 is 4.74 Å². The highest BCUT2D eigenvalue weighted by Gasteiger charge is 2.07. The number of hydrogen-bond acceptors (Lipinski definition) is 2. The standard InChI is InChI=1S/C19H25NO/c1-4-7-15-10-12-17(13-11-15)21-18-9-6-8-16(14-18)19(5-2)20-3/h6,8-14,19-20H,4-5,7H2,1-3H3. The summed E-state index contributed by atoms with van der Waals surface area (Å²) in [5, 5.41) is 3.33. The van der Waals surface area contributed by atoms with Gasteiger partial charge in [-0.1, -0.05) is 44.5 Å². The van der Waals surface area contributed by atoms with E-state index in [0.29, 0.717) is 6.04 Å². The molecule has 2 rings (SSSR count). The summed E-state index contributed by atoms with van der Waals surface area (Å²) in [6.45, 7) is 4.38. The van der Waals surface area contributed by atoms with E-state index in [9.17, 15) is 0 Å². The molecule has 0 spiro atoms. The van der Waals surface area contributed by atoms with Crippen molar-refractivity contribution in [2.75, 3.05) is 7.05 Å². The molecule has 0 aliphatic heterocycles. The quantitative estimate of drug-likeness (QED) is 0.763. The van der Waals surface area contributed by atoms with Crippen LogP contribution < -0.4 is 10.1 Å². The van der Waals surface area contributed by atoms with E-state index in [-0.39, 0.29) is 0 Å². The maximum Gasteiger partial charge on any atom is 0.127 e. The third kappa shape index (κ3) is 4.33. The van der Waals surface area contributed by atoms with Crippen LogP contribution in [0.4, 0.5) is 0 Å². The highest BCUT2D eigenvalue weighted by Crippen LogP contribution is 2.26.